The van der Waals surface area contributed by atoms with Crippen LogP contribution in [0.4, 0.5) is 17.2 Å². The van der Waals surface area contributed by atoms with Gasteiger partial charge >= 0.3 is 0 Å². The molecule has 1 amide bonds. The molecule has 1 atom stereocenters. The van der Waals surface area contributed by atoms with Gasteiger partial charge in [0.1, 0.15) is 23.7 Å². The summed E-state index contributed by atoms with van der Waals surface area (Å²) in [5.41, 5.74) is 3.39. The van der Waals surface area contributed by atoms with Crippen LogP contribution < -0.4 is 10.2 Å². The smallest absolute Gasteiger partial charge is 0.219 e. The van der Waals surface area contributed by atoms with Crippen LogP contribution in [0.1, 0.15) is 55.5 Å². The second-order valence-electron chi connectivity index (χ2n) is 8.91. The molecule has 1 aliphatic heterocycles. The maximum absolute atomic E-state index is 12.1. The lowest BCUT2D eigenvalue weighted by atomic mass is 10.1. The Bertz CT molecular complexity index is 1140. The third-order valence-electron chi connectivity index (χ3n) is 6.56. The van der Waals surface area contributed by atoms with E-state index >= 15 is 0 Å². The molecule has 162 valence electrons. The Labute approximate surface area is 187 Å². The van der Waals surface area contributed by atoms with Gasteiger partial charge in [-0.25, -0.2) is 9.97 Å². The lowest BCUT2D eigenvalue weighted by Crippen LogP contribution is -2.56. The van der Waals surface area contributed by atoms with Gasteiger partial charge in [0.05, 0.1) is 23.0 Å². The quantitative estimate of drug-likeness (QED) is 0.780. The van der Waals surface area contributed by atoms with Crippen LogP contribution in [0, 0.1) is 28.6 Å². The molecule has 0 spiro atoms. The fourth-order valence-electron chi connectivity index (χ4n) is 4.61. The van der Waals surface area contributed by atoms with E-state index in [2.05, 4.69) is 27.3 Å². The van der Waals surface area contributed by atoms with E-state index in [4.69, 9.17) is 10.2 Å². The largest absolute Gasteiger partial charge is 0.354 e. The Balaban J connectivity index is 1.47. The summed E-state index contributed by atoms with van der Waals surface area (Å²) in [6.07, 6.45) is 6.07. The normalized spacial score (nSPS) is 20.4. The van der Waals surface area contributed by atoms with Gasteiger partial charge in [-0.2, -0.15) is 10.5 Å². The van der Waals surface area contributed by atoms with Gasteiger partial charge in [0, 0.05) is 44.4 Å². The molecule has 5 rings (SSSR count). The number of carbonyl (C=O) groups excluding carboxylic acids is 1. The zero-order chi connectivity index (χ0) is 22.2. The van der Waals surface area contributed by atoms with E-state index in [1.54, 1.807) is 25.3 Å². The summed E-state index contributed by atoms with van der Waals surface area (Å²) in [5, 5.41) is 22.4. The van der Waals surface area contributed by atoms with Crippen LogP contribution in [0.25, 0.3) is 0 Å². The van der Waals surface area contributed by atoms with E-state index in [9.17, 15) is 10.1 Å². The second kappa shape index (κ2) is 8.12. The van der Waals surface area contributed by atoms with E-state index in [0.717, 1.165) is 55.1 Å². The van der Waals surface area contributed by atoms with Gasteiger partial charge in [-0.1, -0.05) is 0 Å². The molecule has 2 aliphatic carbocycles. The van der Waals surface area contributed by atoms with Crippen molar-refractivity contribution in [2.75, 3.05) is 29.9 Å². The molecule has 0 bridgehead atoms. The molecule has 8 heteroatoms. The van der Waals surface area contributed by atoms with Crippen molar-refractivity contribution >= 4 is 23.1 Å². The van der Waals surface area contributed by atoms with Gasteiger partial charge in [-0.3, -0.25) is 4.79 Å². The van der Waals surface area contributed by atoms with Gasteiger partial charge in [-0.05, 0) is 49.8 Å². The van der Waals surface area contributed by atoms with E-state index < -0.39 is 0 Å². The number of nitriles is 2. The van der Waals surface area contributed by atoms with Crippen molar-refractivity contribution in [3.63, 3.8) is 0 Å². The average Bonchev–Trinajstić information content (AvgIpc) is 3.71. The number of hydrogen-bond acceptors (Lipinski definition) is 7. The molecule has 1 unspecified atom stereocenters. The Hall–Kier alpha value is -3.65. The molecule has 2 aromatic rings. The van der Waals surface area contributed by atoms with Crippen molar-refractivity contribution in [2.45, 2.75) is 44.6 Å². The van der Waals surface area contributed by atoms with Gasteiger partial charge < -0.3 is 15.1 Å². The zero-order valence-corrected chi connectivity index (χ0v) is 18.1. The fourth-order valence-corrected chi connectivity index (χ4v) is 4.61. The van der Waals surface area contributed by atoms with E-state index in [1.165, 1.54) is 0 Å². The summed E-state index contributed by atoms with van der Waals surface area (Å²) in [6, 6.07) is 9.96. The van der Waals surface area contributed by atoms with Crippen LogP contribution in [0.5, 0.6) is 0 Å². The lowest BCUT2D eigenvalue weighted by Gasteiger charge is -2.42. The number of carbonyl (C=O) groups is 1. The Morgan fingerprint density at radius 3 is 2.62 bits per heavy atom. The zero-order valence-electron chi connectivity index (χ0n) is 18.1. The molecule has 1 N–H and O–H groups in total. The standard InChI is InChI=1S/C24H25N7O/c1-15(32)31-9-8-30(14-22(31)16-2-3-16)24-18(12-25)10-21(23(29-24)17-4-5-17)28-19-6-7-27-20(11-19)13-26/h6-7,10-11,16-17,22H,2-5,8-9,14H2,1H3,(H,27,28). The minimum atomic E-state index is 0.127. The third kappa shape index (κ3) is 3.97. The Kier molecular flexibility index (Phi) is 5.14. The van der Waals surface area contributed by atoms with Crippen LogP contribution in [0.2, 0.25) is 0 Å². The molecule has 3 heterocycles. The van der Waals surface area contributed by atoms with Crippen LogP contribution in [-0.2, 0) is 4.79 Å². The van der Waals surface area contributed by atoms with Crippen molar-refractivity contribution in [2.24, 2.45) is 5.92 Å². The number of nitrogens with zero attached hydrogens (tertiary/aromatic N) is 6. The number of amides is 1. The van der Waals surface area contributed by atoms with E-state index in [0.29, 0.717) is 36.2 Å². The Morgan fingerprint density at radius 1 is 1.16 bits per heavy atom. The highest BCUT2D eigenvalue weighted by atomic mass is 16.2. The summed E-state index contributed by atoms with van der Waals surface area (Å²) in [6.45, 7) is 3.71. The molecule has 2 saturated carbocycles. The first kappa shape index (κ1) is 20.3. The topological polar surface area (TPSA) is 109 Å². The van der Waals surface area contributed by atoms with Crippen molar-refractivity contribution < 1.29 is 4.79 Å². The molecule has 3 fully saturated rings. The van der Waals surface area contributed by atoms with Crippen LogP contribution in [0.15, 0.2) is 24.4 Å². The van der Waals surface area contributed by atoms with Crippen molar-refractivity contribution in [1.82, 2.24) is 14.9 Å². The van der Waals surface area contributed by atoms with Crippen molar-refractivity contribution in [1.29, 1.82) is 10.5 Å². The van der Waals surface area contributed by atoms with Gasteiger partial charge in [0.2, 0.25) is 5.91 Å². The molecule has 8 nitrogen and oxygen atoms in total. The molecule has 3 aliphatic rings. The maximum Gasteiger partial charge on any atom is 0.219 e. The number of nitrogens with one attached hydrogen (secondary N) is 1. The average molecular weight is 428 g/mol. The van der Waals surface area contributed by atoms with Crippen molar-refractivity contribution in [3.8, 4) is 12.1 Å². The monoisotopic (exact) mass is 427 g/mol. The number of anilines is 3. The van der Waals surface area contributed by atoms with E-state index in [-0.39, 0.29) is 11.9 Å². The highest BCUT2D eigenvalue weighted by Crippen LogP contribution is 2.45. The maximum atomic E-state index is 12.1. The van der Waals surface area contributed by atoms with Crippen LogP contribution in [-0.4, -0.2) is 46.5 Å². The molecule has 0 aromatic carbocycles. The summed E-state index contributed by atoms with van der Waals surface area (Å²) in [4.78, 5) is 25.3. The molecule has 0 radical (unpaired) electrons. The molecular formula is C24H25N7O. The lowest BCUT2D eigenvalue weighted by molar-refractivity contribution is -0.132. The molecule has 1 saturated heterocycles. The van der Waals surface area contributed by atoms with Crippen LogP contribution in [0.3, 0.4) is 0 Å². The van der Waals surface area contributed by atoms with Crippen LogP contribution >= 0.6 is 0 Å². The summed E-state index contributed by atoms with van der Waals surface area (Å²) >= 11 is 0. The highest BCUT2D eigenvalue weighted by molar-refractivity contribution is 5.74. The number of aromatic nitrogens is 2. The van der Waals surface area contributed by atoms with Crippen molar-refractivity contribution in [3.05, 3.63) is 41.3 Å². The predicted octanol–water partition coefficient (Wildman–Crippen LogP) is 3.29. The first-order valence-corrected chi connectivity index (χ1v) is 11.2. The van der Waals surface area contributed by atoms with Gasteiger partial charge in [-0.15, -0.1) is 0 Å². The number of hydrogen-bond donors (Lipinski definition) is 1. The highest BCUT2D eigenvalue weighted by Gasteiger charge is 2.41. The summed E-state index contributed by atoms with van der Waals surface area (Å²) < 4.78 is 0. The minimum Gasteiger partial charge on any atom is -0.354 e. The summed E-state index contributed by atoms with van der Waals surface area (Å²) in [7, 11) is 0. The third-order valence-corrected chi connectivity index (χ3v) is 6.56. The van der Waals surface area contributed by atoms with Gasteiger partial charge in [0.15, 0.2) is 0 Å². The molecule has 2 aromatic heterocycles. The van der Waals surface area contributed by atoms with Gasteiger partial charge in [0.25, 0.3) is 0 Å². The first-order chi connectivity index (χ1) is 15.6. The second-order valence-corrected chi connectivity index (χ2v) is 8.91. The Morgan fingerprint density at radius 2 is 1.97 bits per heavy atom. The molecular weight excluding hydrogens is 402 g/mol. The molecule has 32 heavy (non-hydrogen) atoms. The summed E-state index contributed by atoms with van der Waals surface area (Å²) in [5.74, 6) is 1.78. The number of rotatable bonds is 5. The SMILES string of the molecule is CC(=O)N1CCN(c2nc(C3CC3)c(Nc3ccnc(C#N)c3)cc2C#N)CC1C1CC1. The first-order valence-electron chi connectivity index (χ1n) is 11.2. The predicted molar refractivity (Wildman–Crippen MR) is 119 cm³/mol. The van der Waals surface area contributed by atoms with E-state index in [1.807, 2.05) is 11.0 Å². The number of pyridine rings is 2. The fraction of sp³-hybridized carbons (Fsp3) is 0.458. The minimum absolute atomic E-state index is 0.127. The number of piperazine rings is 1.